The van der Waals surface area contributed by atoms with Crippen LogP contribution in [-0.2, 0) is 22.4 Å². The second-order valence-corrected chi connectivity index (χ2v) is 19.2. The van der Waals surface area contributed by atoms with Crippen molar-refractivity contribution >= 4 is 23.4 Å². The summed E-state index contributed by atoms with van der Waals surface area (Å²) in [6.45, 7) is 2.62. The molecule has 0 N–H and O–H groups in total. The lowest BCUT2D eigenvalue weighted by Gasteiger charge is -2.37. The highest BCUT2D eigenvalue weighted by Crippen LogP contribution is 2.43. The molecule has 0 saturated carbocycles. The third-order valence-corrected chi connectivity index (χ3v) is 14.8. The van der Waals surface area contributed by atoms with E-state index in [0.29, 0.717) is 84.6 Å². The average molecular weight is 1010 g/mol. The molecule has 6 aromatic carbocycles. The van der Waals surface area contributed by atoms with Crippen LogP contribution in [0.3, 0.4) is 0 Å². The molecule has 2 saturated heterocycles. The Hall–Kier alpha value is -7.74. The topological polar surface area (TPSA) is 130 Å². The number of fused-ring (bicyclic) bond motifs is 2. The predicted molar refractivity (Wildman–Crippen MR) is 274 cm³/mol. The summed E-state index contributed by atoms with van der Waals surface area (Å²) in [7, 11) is 6.44. The van der Waals surface area contributed by atoms with E-state index in [1.54, 1.807) is 64.8 Å². The lowest BCUT2D eigenvalue weighted by Crippen LogP contribution is -2.40. The molecule has 0 spiro atoms. The zero-order valence-corrected chi connectivity index (χ0v) is 42.1. The number of rotatable bonds is 12. The van der Waals surface area contributed by atoms with Gasteiger partial charge in [0.1, 0.15) is 36.3 Å². The maximum atomic E-state index is 13.7. The number of ketones is 2. The highest BCUT2D eigenvalue weighted by molar-refractivity contribution is 5.96. The highest BCUT2D eigenvalue weighted by atomic mass is 19.1. The fourth-order valence-corrected chi connectivity index (χ4v) is 11.0. The number of benzene rings is 6. The molecule has 4 heterocycles. The Morgan fingerprint density at radius 3 is 1.18 bits per heavy atom. The van der Waals surface area contributed by atoms with Gasteiger partial charge in [-0.2, -0.15) is 0 Å². The van der Waals surface area contributed by atoms with Crippen LogP contribution in [0.2, 0.25) is 0 Å². The molecule has 10 rings (SSSR count). The summed E-state index contributed by atoms with van der Waals surface area (Å²) in [5, 5.41) is 0. The normalized spacial score (nSPS) is 16.5. The first-order chi connectivity index (χ1) is 35.9. The first-order valence-corrected chi connectivity index (χ1v) is 25.0. The van der Waals surface area contributed by atoms with E-state index >= 15 is 0 Å². The molecular formula is C60H60F2N2O10. The van der Waals surface area contributed by atoms with Crippen molar-refractivity contribution in [1.82, 2.24) is 9.80 Å². The molecule has 4 aliphatic rings. The number of halogens is 2. The highest BCUT2D eigenvalue weighted by Gasteiger charge is 2.34. The van der Waals surface area contributed by atoms with Crippen LogP contribution in [0.5, 0.6) is 34.5 Å². The number of carbonyl (C=O) groups is 4. The molecule has 2 amide bonds. The quantitative estimate of drug-likeness (QED) is 0.117. The van der Waals surface area contributed by atoms with E-state index in [1.165, 1.54) is 24.3 Å². The van der Waals surface area contributed by atoms with Crippen molar-refractivity contribution in [3.8, 4) is 34.5 Å². The maximum Gasteiger partial charge on any atom is 0.253 e. The van der Waals surface area contributed by atoms with Crippen molar-refractivity contribution in [2.24, 2.45) is 11.8 Å². The van der Waals surface area contributed by atoms with Crippen LogP contribution in [0.15, 0.2) is 121 Å². The molecule has 384 valence electrons. The molecular weight excluding hydrogens is 947 g/mol. The zero-order chi connectivity index (χ0) is 51.9. The molecule has 4 aliphatic heterocycles. The van der Waals surface area contributed by atoms with Crippen molar-refractivity contribution in [3.05, 3.63) is 177 Å². The summed E-state index contributed by atoms with van der Waals surface area (Å²) in [6, 6.07) is 35.8. The van der Waals surface area contributed by atoms with Crippen LogP contribution in [0.4, 0.5) is 8.78 Å². The van der Waals surface area contributed by atoms with E-state index in [2.05, 4.69) is 0 Å². The molecule has 0 aromatic heterocycles. The number of hydrogen-bond donors (Lipinski definition) is 0. The van der Waals surface area contributed by atoms with Gasteiger partial charge >= 0.3 is 0 Å². The number of amides is 2. The minimum atomic E-state index is -0.271. The third kappa shape index (κ3) is 11.4. The van der Waals surface area contributed by atoms with Crippen LogP contribution in [0, 0.1) is 23.5 Å². The standard InChI is InChI=1S/2C30H30FNO5/c2*1-35-27-10-5-21(17-28(27)36-2)29(19-3-7-24(31)8-4-19)20-11-13-32(14-12-20)30(34)22-6-9-26-23(15-22)16-25(33)18-37-26/h2*3-10,15,17,20,29H,11-14,16,18H2,1-2H3/t2*29-/m10/s1. The second-order valence-electron chi connectivity index (χ2n) is 19.2. The SMILES string of the molecule is COc1ccc([C@@H](c2ccc(F)cc2)C2CCN(C(=O)c3ccc4c(c3)CC(=O)CO4)CC2)cc1OC.COc1ccc([C@H](c2ccc(F)cc2)C2CCN(C(=O)c3ccc4c(c3)CC(=O)CO4)CC2)cc1OC. The van der Waals surface area contributed by atoms with Crippen molar-refractivity contribution < 1.29 is 56.4 Å². The molecule has 6 aromatic rings. The molecule has 0 unspecified atom stereocenters. The number of ether oxygens (including phenoxy) is 6. The fourth-order valence-electron chi connectivity index (χ4n) is 11.0. The van der Waals surface area contributed by atoms with Gasteiger partial charge in [0.2, 0.25) is 0 Å². The first-order valence-electron chi connectivity index (χ1n) is 25.0. The van der Waals surface area contributed by atoms with Crippen molar-refractivity contribution in [2.75, 3.05) is 67.8 Å². The van der Waals surface area contributed by atoms with E-state index in [4.69, 9.17) is 28.4 Å². The molecule has 0 bridgehead atoms. The molecule has 14 heteroatoms. The molecule has 2 fully saturated rings. The van der Waals surface area contributed by atoms with E-state index in [1.807, 2.05) is 70.5 Å². The van der Waals surface area contributed by atoms with Gasteiger partial charge in [-0.25, -0.2) is 8.78 Å². The number of piperidine rings is 2. The summed E-state index contributed by atoms with van der Waals surface area (Å²) in [5.74, 6) is 3.90. The number of hydrogen-bond acceptors (Lipinski definition) is 10. The summed E-state index contributed by atoms with van der Waals surface area (Å²) < 4.78 is 60.3. The van der Waals surface area contributed by atoms with Crippen LogP contribution in [0.1, 0.15) is 91.6 Å². The predicted octanol–water partition coefficient (Wildman–Crippen LogP) is 10.1. The summed E-state index contributed by atoms with van der Waals surface area (Å²) in [6.07, 6.45) is 3.79. The Morgan fingerprint density at radius 1 is 0.473 bits per heavy atom. The van der Waals surface area contributed by atoms with Gasteiger partial charge in [0.25, 0.3) is 11.8 Å². The second kappa shape index (κ2) is 23.0. The van der Waals surface area contributed by atoms with Gasteiger partial charge < -0.3 is 38.2 Å². The lowest BCUT2D eigenvalue weighted by molar-refractivity contribution is -0.122. The van der Waals surface area contributed by atoms with Crippen LogP contribution < -0.4 is 28.4 Å². The monoisotopic (exact) mass is 1010 g/mol. The molecule has 2 atom stereocenters. The van der Waals surface area contributed by atoms with E-state index < -0.39 is 0 Å². The lowest BCUT2D eigenvalue weighted by atomic mass is 9.76. The zero-order valence-electron chi connectivity index (χ0n) is 42.1. The van der Waals surface area contributed by atoms with Gasteiger partial charge in [0.15, 0.2) is 34.6 Å². The maximum absolute atomic E-state index is 13.7. The van der Waals surface area contributed by atoms with Gasteiger partial charge in [-0.15, -0.1) is 0 Å². The van der Waals surface area contributed by atoms with E-state index in [0.717, 1.165) is 59.1 Å². The third-order valence-electron chi connectivity index (χ3n) is 14.8. The van der Waals surface area contributed by atoms with Crippen molar-refractivity contribution in [3.63, 3.8) is 0 Å². The largest absolute Gasteiger partial charge is 0.493 e. The summed E-state index contributed by atoms with van der Waals surface area (Å²) in [4.78, 5) is 53.9. The average Bonchev–Trinajstić information content (AvgIpc) is 3.43. The van der Waals surface area contributed by atoms with Crippen molar-refractivity contribution in [1.29, 1.82) is 0 Å². The Bertz CT molecular complexity index is 2800. The van der Waals surface area contributed by atoms with Crippen LogP contribution in [-0.4, -0.2) is 101 Å². The van der Waals surface area contributed by atoms with Gasteiger partial charge in [-0.3, -0.25) is 19.2 Å². The van der Waals surface area contributed by atoms with Gasteiger partial charge in [0.05, 0.1) is 28.4 Å². The number of carbonyl (C=O) groups excluding carboxylic acids is 4. The Labute approximate surface area is 430 Å². The first kappa shape index (κ1) is 51.2. The summed E-state index contributed by atoms with van der Waals surface area (Å²) in [5.41, 5.74) is 6.86. The van der Waals surface area contributed by atoms with E-state index in [-0.39, 0.29) is 71.9 Å². The van der Waals surface area contributed by atoms with E-state index in [9.17, 15) is 28.0 Å². The summed E-state index contributed by atoms with van der Waals surface area (Å²) >= 11 is 0. The number of likely N-dealkylation sites (tertiary alicyclic amines) is 2. The van der Waals surface area contributed by atoms with Gasteiger partial charge in [0, 0.05) is 73.1 Å². The smallest absolute Gasteiger partial charge is 0.253 e. The number of Topliss-reactive ketones (excluding diaryl/α,β-unsaturated/α-hetero) is 2. The van der Waals surface area contributed by atoms with Crippen LogP contribution in [0.25, 0.3) is 0 Å². The Morgan fingerprint density at radius 2 is 0.824 bits per heavy atom. The van der Waals surface area contributed by atoms with Crippen molar-refractivity contribution in [2.45, 2.75) is 50.4 Å². The minimum Gasteiger partial charge on any atom is -0.493 e. The molecule has 12 nitrogen and oxygen atoms in total. The minimum absolute atomic E-state index is 0.0138. The number of nitrogens with zero attached hydrogens (tertiary/aromatic N) is 2. The molecule has 0 aliphatic carbocycles. The van der Waals surface area contributed by atoms with Gasteiger partial charge in [-0.1, -0.05) is 36.4 Å². The Balaban J connectivity index is 0.000000182. The van der Waals surface area contributed by atoms with Crippen LogP contribution >= 0.6 is 0 Å². The number of methoxy groups -OCH3 is 4. The molecule has 74 heavy (non-hydrogen) atoms. The van der Waals surface area contributed by atoms with Gasteiger partial charge in [-0.05, 0) is 145 Å². The molecule has 0 radical (unpaired) electrons. The Kier molecular flexibility index (Phi) is 15.9. The fraction of sp³-hybridized carbons (Fsp3) is 0.333.